The normalized spacial score (nSPS) is 15.2. The van der Waals surface area contributed by atoms with E-state index in [2.05, 4.69) is 14.7 Å². The number of ether oxygens (including phenoxy) is 2. The van der Waals surface area contributed by atoms with Gasteiger partial charge in [-0.25, -0.2) is 18.4 Å². The summed E-state index contributed by atoms with van der Waals surface area (Å²) in [7, 11) is -4.53. The SMILES string of the molecule is CC(=O)CCC(=O)Oc1ccc2nc3ccc(=O)cc-3oc2c1.CC1(S(=O)(=O)[O-])CCC(=O)O1.O=c1ccc2nc3ccc(O)cc3oc-2c1.[Na+]. The molecule has 0 bridgehead atoms. The molecule has 0 saturated carbocycles. The van der Waals surface area contributed by atoms with Crippen molar-refractivity contribution < 1.29 is 80.3 Å². The molecule has 1 N–H and O–H groups in total. The summed E-state index contributed by atoms with van der Waals surface area (Å²) < 4.78 is 52.1. The number of carbonyl (C=O) groups is 3. The van der Waals surface area contributed by atoms with Gasteiger partial charge in [0.25, 0.3) is 0 Å². The number of carbonyl (C=O) groups excluding carboxylic acids is 3. The zero-order valence-corrected chi connectivity index (χ0v) is 30.2. The van der Waals surface area contributed by atoms with Crippen LogP contribution in [0.2, 0.25) is 0 Å². The molecule has 1 fully saturated rings. The Bertz CT molecular complexity index is 2430. The molecule has 3 aliphatic heterocycles. The zero-order chi connectivity index (χ0) is 36.2. The van der Waals surface area contributed by atoms with Crippen LogP contribution in [-0.2, 0) is 29.2 Å². The van der Waals surface area contributed by atoms with Crippen molar-refractivity contribution in [1.29, 1.82) is 0 Å². The van der Waals surface area contributed by atoms with Crippen molar-refractivity contribution in [2.45, 2.75) is 44.5 Å². The van der Waals surface area contributed by atoms with Gasteiger partial charge in [0.15, 0.2) is 38.5 Å². The molecule has 51 heavy (non-hydrogen) atoms. The van der Waals surface area contributed by atoms with E-state index < -0.39 is 27.0 Å². The van der Waals surface area contributed by atoms with Gasteiger partial charge < -0.3 is 32.8 Å². The minimum absolute atomic E-state index is 0. The number of fused-ring (bicyclic) bond motifs is 4. The average molecular weight is 727 g/mol. The molecular formula is C34H27N2NaO13S. The first kappa shape index (κ1) is 38.8. The summed E-state index contributed by atoms with van der Waals surface area (Å²) in [5, 5.41) is 9.31. The number of aromatic nitrogens is 2. The van der Waals surface area contributed by atoms with Gasteiger partial charge in [0.05, 0.1) is 12.8 Å². The van der Waals surface area contributed by atoms with Gasteiger partial charge in [0.2, 0.25) is 0 Å². The zero-order valence-electron chi connectivity index (χ0n) is 27.4. The Morgan fingerprint density at radius 3 is 1.88 bits per heavy atom. The summed E-state index contributed by atoms with van der Waals surface area (Å²) >= 11 is 0. The number of hydrogen-bond acceptors (Lipinski definition) is 15. The summed E-state index contributed by atoms with van der Waals surface area (Å²) in [5.41, 5.74) is 2.98. The van der Waals surface area contributed by atoms with Crippen LogP contribution in [0.5, 0.6) is 11.5 Å². The predicted octanol–water partition coefficient (Wildman–Crippen LogP) is 1.15. The van der Waals surface area contributed by atoms with Crippen molar-refractivity contribution >= 4 is 50.0 Å². The average Bonchev–Trinajstić information content (AvgIpc) is 3.42. The molecule has 258 valence electrons. The minimum atomic E-state index is -4.53. The fourth-order valence-corrected chi connectivity index (χ4v) is 5.10. The molecule has 15 nitrogen and oxygen atoms in total. The smallest absolute Gasteiger partial charge is 0.745 e. The van der Waals surface area contributed by atoms with E-state index in [1.165, 1.54) is 43.3 Å². The van der Waals surface area contributed by atoms with Crippen molar-refractivity contribution in [3.05, 3.63) is 93.2 Å². The third-order valence-electron chi connectivity index (χ3n) is 7.21. The third-order valence-corrected chi connectivity index (χ3v) is 8.56. The molecule has 2 aliphatic carbocycles. The summed E-state index contributed by atoms with van der Waals surface area (Å²) in [6.45, 7) is 2.53. The largest absolute Gasteiger partial charge is 1.00 e. The van der Waals surface area contributed by atoms with Crippen LogP contribution in [0.1, 0.15) is 39.5 Å². The first-order chi connectivity index (χ1) is 23.6. The number of hydrogen-bond donors (Lipinski definition) is 1. The van der Waals surface area contributed by atoms with Crippen LogP contribution in [0.25, 0.3) is 45.1 Å². The molecule has 0 radical (unpaired) electrons. The van der Waals surface area contributed by atoms with E-state index in [0.29, 0.717) is 50.9 Å². The van der Waals surface area contributed by atoms with E-state index >= 15 is 0 Å². The summed E-state index contributed by atoms with van der Waals surface area (Å²) in [5.74, 6) is 0.00202. The Kier molecular flexibility index (Phi) is 12.1. The van der Waals surface area contributed by atoms with Gasteiger partial charge in [-0.2, -0.15) is 0 Å². The van der Waals surface area contributed by atoms with Crippen molar-refractivity contribution in [2.24, 2.45) is 0 Å². The molecule has 2 aromatic carbocycles. The predicted molar refractivity (Wildman–Crippen MR) is 174 cm³/mol. The van der Waals surface area contributed by atoms with Gasteiger partial charge in [-0.15, -0.1) is 0 Å². The molecule has 2 aromatic rings. The van der Waals surface area contributed by atoms with Gasteiger partial charge in [0, 0.05) is 37.1 Å². The summed E-state index contributed by atoms with van der Waals surface area (Å²) in [4.78, 5) is 62.4. The van der Waals surface area contributed by atoms with Gasteiger partial charge >= 0.3 is 41.5 Å². The molecule has 17 heteroatoms. The number of cyclic esters (lactones) is 1. The second-order valence-electron chi connectivity index (χ2n) is 11.2. The number of phenols is 1. The minimum Gasteiger partial charge on any atom is -0.745 e. The Hall–Kier alpha value is -5.00. The second kappa shape index (κ2) is 15.9. The Balaban J connectivity index is 0.000000182. The molecule has 3 heterocycles. The number of esters is 2. The van der Waals surface area contributed by atoms with Gasteiger partial charge in [0.1, 0.15) is 49.8 Å². The van der Waals surface area contributed by atoms with Crippen molar-refractivity contribution in [1.82, 2.24) is 9.97 Å². The van der Waals surface area contributed by atoms with E-state index in [-0.39, 0.29) is 77.6 Å². The summed E-state index contributed by atoms with van der Waals surface area (Å²) in [6, 6.07) is 18.3. The molecule has 5 aliphatic rings. The van der Waals surface area contributed by atoms with E-state index in [0.717, 1.165) is 6.92 Å². The maximum absolute atomic E-state index is 11.6. The van der Waals surface area contributed by atoms with Gasteiger partial charge in [-0.05, 0) is 62.4 Å². The fraction of sp³-hybridized carbons (Fsp3) is 0.206. The van der Waals surface area contributed by atoms with Crippen molar-refractivity contribution in [2.75, 3.05) is 0 Å². The van der Waals surface area contributed by atoms with Crippen LogP contribution < -0.4 is 45.2 Å². The summed E-state index contributed by atoms with van der Waals surface area (Å²) in [6.07, 6.45) is 0.130. The maximum Gasteiger partial charge on any atom is 1.00 e. The third kappa shape index (κ3) is 9.83. The van der Waals surface area contributed by atoms with Crippen LogP contribution in [0.3, 0.4) is 0 Å². The van der Waals surface area contributed by atoms with Crippen LogP contribution in [0.15, 0.2) is 91.2 Å². The molecule has 0 amide bonds. The van der Waals surface area contributed by atoms with Crippen LogP contribution in [-0.4, -0.2) is 50.7 Å². The maximum atomic E-state index is 11.6. The van der Waals surface area contributed by atoms with Crippen molar-refractivity contribution in [3.8, 4) is 34.4 Å². The number of benzene rings is 4. The molecule has 7 rings (SSSR count). The molecule has 0 aromatic heterocycles. The van der Waals surface area contributed by atoms with Gasteiger partial charge in [-0.3, -0.25) is 19.2 Å². The molecular weight excluding hydrogens is 699 g/mol. The van der Waals surface area contributed by atoms with Crippen LogP contribution in [0.4, 0.5) is 0 Å². The fourth-order valence-electron chi connectivity index (χ4n) is 4.55. The van der Waals surface area contributed by atoms with Gasteiger partial charge in [-0.1, -0.05) is 0 Å². The first-order valence-corrected chi connectivity index (χ1v) is 16.3. The quantitative estimate of drug-likeness (QED) is 0.0863. The monoisotopic (exact) mass is 726 g/mol. The number of phenolic OH excluding ortho intramolecular Hbond substituents is 1. The number of rotatable bonds is 5. The van der Waals surface area contributed by atoms with E-state index in [1.807, 2.05) is 0 Å². The van der Waals surface area contributed by atoms with E-state index in [9.17, 15) is 42.0 Å². The first-order valence-electron chi connectivity index (χ1n) is 14.8. The topological polar surface area (TPSA) is 233 Å². The number of ketones is 1. The Labute approximate surface area is 310 Å². The van der Waals surface area contributed by atoms with E-state index in [4.69, 9.17) is 13.6 Å². The molecule has 1 saturated heterocycles. The van der Waals surface area contributed by atoms with Crippen molar-refractivity contribution in [3.63, 3.8) is 0 Å². The van der Waals surface area contributed by atoms with Crippen LogP contribution >= 0.6 is 0 Å². The second-order valence-corrected chi connectivity index (χ2v) is 13.0. The Morgan fingerprint density at radius 1 is 0.843 bits per heavy atom. The number of aromatic hydroxyl groups is 1. The number of nitrogens with zero attached hydrogens (tertiary/aromatic N) is 2. The number of Topliss-reactive ketones (excluding diaryl/α,β-unsaturated/α-hetero) is 1. The molecule has 1 unspecified atom stereocenters. The van der Waals surface area contributed by atoms with Crippen LogP contribution in [0, 0.1) is 0 Å². The molecule has 1 atom stereocenters. The molecule has 0 spiro atoms. The van der Waals surface area contributed by atoms with E-state index in [1.54, 1.807) is 36.4 Å². The Morgan fingerprint density at radius 2 is 1.39 bits per heavy atom. The standard InChI is InChI=1S/C17H13NO5.C12H7NO3.C5H8O5S.Na/c1-10(19)2-7-17(21)22-12-4-6-14-16(9-12)23-15-8-11(20)3-5-13(15)18-14;14-7-1-3-9-11(5-7)16-12-6-8(15)2-4-10(12)13-9;1-5(11(7,8)9)3-2-4(6)10-5;/h3-6,8-9H,2,7H2,1H3;1-6,14H;2-3H2,1H3,(H,7,8,9);/q;;;+1/p-1.